The van der Waals surface area contributed by atoms with Crippen LogP contribution in [0, 0.1) is 94.7 Å². The first-order valence-electron chi connectivity index (χ1n) is 36.3. The maximum atomic E-state index is 3.25. The van der Waals surface area contributed by atoms with E-state index in [0.717, 1.165) is 130 Å². The molecule has 0 spiro atoms. The van der Waals surface area contributed by atoms with Gasteiger partial charge in [-0.1, -0.05) is 175 Å². The normalized spacial score (nSPS) is 9.95. The fraction of sp³-hybridized carbons (Fsp3) is 0. The van der Waals surface area contributed by atoms with E-state index in [9.17, 15) is 0 Å². The molecular formula is C106H67N5. The maximum Gasteiger partial charge on any atom is 0.0462 e. The Morgan fingerprint density at radius 3 is 0.288 bits per heavy atom. The Kier molecular flexibility index (Phi) is 22.5. The van der Waals surface area contributed by atoms with Gasteiger partial charge in [0.05, 0.1) is 0 Å². The first-order chi connectivity index (χ1) is 55.0. The molecule has 0 fully saturated rings. The molecule has 0 aliphatic rings. The Hall–Kier alpha value is -16.2. The lowest BCUT2D eigenvalue weighted by Gasteiger charge is -2.25. The second kappa shape index (κ2) is 35.5. The molecule has 0 amide bonds. The number of anilines is 15. The highest BCUT2D eigenvalue weighted by Crippen LogP contribution is 2.40. The average Bonchev–Trinajstić information content (AvgIpc) is 0.832. The molecule has 0 radical (unpaired) electrons. The highest BCUT2D eigenvalue weighted by molar-refractivity contribution is 5.82. The molecule has 516 valence electrons. The van der Waals surface area contributed by atoms with Crippen LogP contribution in [-0.2, 0) is 0 Å². The number of nitrogens with zero attached hydrogens (tertiary/aromatic N) is 5. The number of hydrogen-bond donors (Lipinski definition) is 0. The maximum absolute atomic E-state index is 3.25. The summed E-state index contributed by atoms with van der Waals surface area (Å²) in [6, 6.07) is 138. The van der Waals surface area contributed by atoms with Crippen molar-refractivity contribution >= 4 is 85.3 Å². The van der Waals surface area contributed by atoms with Gasteiger partial charge in [0.15, 0.2) is 0 Å². The highest BCUT2D eigenvalue weighted by Gasteiger charge is 2.18. The largest absolute Gasteiger partial charge is 0.311 e. The lowest BCUT2D eigenvalue weighted by Crippen LogP contribution is -2.09. The van der Waals surface area contributed by atoms with E-state index in [1.165, 1.54) is 0 Å². The summed E-state index contributed by atoms with van der Waals surface area (Å²) in [4.78, 5) is 11.1. The van der Waals surface area contributed by atoms with Gasteiger partial charge < -0.3 is 24.5 Å². The average molecular weight is 1410 g/mol. The van der Waals surface area contributed by atoms with Crippen LogP contribution in [0.3, 0.4) is 0 Å². The van der Waals surface area contributed by atoms with Gasteiger partial charge in [-0.2, -0.15) is 0 Å². The third kappa shape index (κ3) is 18.3. The van der Waals surface area contributed by atoms with Gasteiger partial charge in [-0.3, -0.25) is 0 Å². The van der Waals surface area contributed by atoms with Gasteiger partial charge in [-0.05, 0) is 326 Å². The molecule has 111 heavy (non-hydrogen) atoms. The van der Waals surface area contributed by atoms with Crippen molar-refractivity contribution in [3.63, 3.8) is 0 Å². The molecule has 15 aromatic carbocycles. The summed E-state index contributed by atoms with van der Waals surface area (Å²) in [6.07, 6.45) is 0. The topological polar surface area (TPSA) is 16.2 Å². The highest BCUT2D eigenvalue weighted by atomic mass is 15.2. The summed E-state index contributed by atoms with van der Waals surface area (Å²) in [6.45, 7) is 0. The number of rotatable bonds is 15. The van der Waals surface area contributed by atoms with Crippen LogP contribution in [0.4, 0.5) is 85.3 Å². The van der Waals surface area contributed by atoms with Gasteiger partial charge in [-0.15, -0.1) is 0 Å². The summed E-state index contributed by atoms with van der Waals surface area (Å²) in [5, 5.41) is 0. The zero-order valence-electron chi connectivity index (χ0n) is 60.4. The number of para-hydroxylation sites is 7. The van der Waals surface area contributed by atoms with E-state index in [1.54, 1.807) is 0 Å². The third-order valence-electron chi connectivity index (χ3n) is 18.0. The Balaban J connectivity index is 0.559. The zero-order valence-corrected chi connectivity index (χ0v) is 60.4. The molecule has 0 aliphatic heterocycles. The molecule has 15 rings (SSSR count). The van der Waals surface area contributed by atoms with Gasteiger partial charge in [0.25, 0.3) is 0 Å². The first kappa shape index (κ1) is 70.4. The fourth-order valence-corrected chi connectivity index (χ4v) is 12.7. The molecule has 0 saturated carbocycles. The molecule has 0 atom stereocenters. The molecule has 0 saturated heterocycles. The van der Waals surface area contributed by atoms with Gasteiger partial charge in [0, 0.05) is 130 Å². The number of hydrogen-bond acceptors (Lipinski definition) is 5. The van der Waals surface area contributed by atoms with Crippen molar-refractivity contribution in [2.45, 2.75) is 0 Å². The first-order valence-corrected chi connectivity index (χ1v) is 36.3. The summed E-state index contributed by atoms with van der Waals surface area (Å²) in [5.41, 5.74) is 22.4. The van der Waals surface area contributed by atoms with Crippen LogP contribution in [0.25, 0.3) is 0 Å². The van der Waals surface area contributed by atoms with Crippen LogP contribution in [-0.4, -0.2) is 0 Å². The molecule has 0 aliphatic carbocycles. The zero-order chi connectivity index (χ0) is 74.9. The van der Waals surface area contributed by atoms with Crippen LogP contribution in [0.2, 0.25) is 0 Å². The summed E-state index contributed by atoms with van der Waals surface area (Å²) >= 11 is 0. The van der Waals surface area contributed by atoms with Gasteiger partial charge >= 0.3 is 0 Å². The van der Waals surface area contributed by atoms with Crippen molar-refractivity contribution in [1.29, 1.82) is 0 Å². The molecular weight excluding hydrogens is 1340 g/mol. The Morgan fingerprint density at radius 2 is 0.189 bits per heavy atom. The van der Waals surface area contributed by atoms with E-state index in [-0.39, 0.29) is 0 Å². The smallest absolute Gasteiger partial charge is 0.0462 e. The molecule has 0 bridgehead atoms. The van der Waals surface area contributed by atoms with Crippen LogP contribution >= 0.6 is 0 Å². The fourth-order valence-electron chi connectivity index (χ4n) is 12.7. The van der Waals surface area contributed by atoms with Crippen LogP contribution in [0.1, 0.15) is 44.5 Å². The monoisotopic (exact) mass is 1410 g/mol. The van der Waals surface area contributed by atoms with Crippen molar-refractivity contribution < 1.29 is 0 Å². The summed E-state index contributed by atoms with van der Waals surface area (Å²) in [5.74, 6) is 50.5. The van der Waals surface area contributed by atoms with Gasteiger partial charge in [0.1, 0.15) is 0 Å². The van der Waals surface area contributed by atoms with E-state index in [4.69, 9.17) is 0 Å². The van der Waals surface area contributed by atoms with Crippen LogP contribution < -0.4 is 24.5 Å². The SMILES string of the molecule is C(C#Cc1ccc(N(c2ccccc2)c2ccc(C#CC#Cc3ccc(N(c4ccccc4)c4ccc(C#CC#Cc5ccc(N(c6ccccc6)c6ccc(C#CC#Cc7ccc(N(c8ccccc8)c8ccccc8)cc7)cc6)cc5)cc4)cc3)cc2)cc1)#Cc1ccc(N(c2ccccc2)c2ccccc2)cc1. The lowest BCUT2D eigenvalue weighted by atomic mass is 10.1. The van der Waals surface area contributed by atoms with E-state index < -0.39 is 0 Å². The van der Waals surface area contributed by atoms with Crippen molar-refractivity contribution in [1.82, 2.24) is 0 Å². The Morgan fingerprint density at radius 1 is 0.0991 bits per heavy atom. The molecule has 0 aromatic heterocycles. The molecule has 5 heteroatoms. The summed E-state index contributed by atoms with van der Waals surface area (Å²) < 4.78 is 0. The van der Waals surface area contributed by atoms with Crippen LogP contribution in [0.5, 0.6) is 0 Å². The van der Waals surface area contributed by atoms with Crippen molar-refractivity contribution in [2.24, 2.45) is 0 Å². The minimum Gasteiger partial charge on any atom is -0.311 e. The molecule has 5 nitrogen and oxygen atoms in total. The van der Waals surface area contributed by atoms with Crippen molar-refractivity contribution in [2.75, 3.05) is 24.5 Å². The minimum atomic E-state index is 0.857. The molecule has 0 N–H and O–H groups in total. The minimum absolute atomic E-state index is 0.857. The quantitative estimate of drug-likeness (QED) is 0.0948. The summed E-state index contributed by atoms with van der Waals surface area (Å²) in [7, 11) is 0. The van der Waals surface area contributed by atoms with E-state index >= 15 is 0 Å². The molecule has 15 aromatic rings. The van der Waals surface area contributed by atoms with Gasteiger partial charge in [-0.25, -0.2) is 0 Å². The molecule has 0 unspecified atom stereocenters. The second-order valence-corrected chi connectivity index (χ2v) is 25.4. The standard InChI is InChI=1S/C106H67N5/c1-8-38-92(39-9-1)107(93-40-10-2-11-41-93)99-68-52-84(53-69-99)30-22-24-32-86-56-72-101(73-57-86)109(96-46-16-5-17-47-96)103-76-60-88(61-77-103)34-26-28-36-90-64-80-105(81-65-90)111(98-50-20-7-21-51-98)106-82-66-91(67-83-106)37-29-27-35-89-62-78-104(79-63-89)110(97-48-18-6-19-49-97)102-74-58-87(59-75-102)33-25-23-31-85-54-70-100(71-55-85)108(94-42-12-3-13-43-94)95-44-14-4-15-45-95/h1-21,38-83H. The third-order valence-corrected chi connectivity index (χ3v) is 18.0. The number of benzene rings is 15. The Labute approximate surface area is 651 Å². The lowest BCUT2D eigenvalue weighted by molar-refractivity contribution is 1.28. The molecule has 0 heterocycles. The van der Waals surface area contributed by atoms with Crippen LogP contribution in [0.15, 0.2) is 406 Å². The predicted molar refractivity (Wildman–Crippen MR) is 461 cm³/mol. The Bertz CT molecular complexity index is 5760. The van der Waals surface area contributed by atoms with Crippen molar-refractivity contribution in [3.8, 4) is 94.7 Å². The van der Waals surface area contributed by atoms with E-state index in [0.29, 0.717) is 0 Å². The van der Waals surface area contributed by atoms with Crippen molar-refractivity contribution in [3.05, 3.63) is 451 Å². The second-order valence-electron chi connectivity index (χ2n) is 25.4. The van der Waals surface area contributed by atoms with E-state index in [2.05, 4.69) is 350 Å². The van der Waals surface area contributed by atoms with Gasteiger partial charge in [0.2, 0.25) is 0 Å². The predicted octanol–water partition coefficient (Wildman–Crippen LogP) is 24.6. The van der Waals surface area contributed by atoms with E-state index in [1.807, 2.05) is 176 Å².